The first kappa shape index (κ1) is 11.1. The maximum absolute atomic E-state index is 12.8. The summed E-state index contributed by atoms with van der Waals surface area (Å²) >= 11 is 0. The lowest BCUT2D eigenvalue weighted by Crippen LogP contribution is -2.39. The third-order valence-electron chi connectivity index (χ3n) is 1.83. The first-order valence-corrected chi connectivity index (χ1v) is 4.31. The Hall–Kier alpha value is -0.940. The van der Waals surface area contributed by atoms with E-state index in [-0.39, 0.29) is 6.54 Å². The molecule has 0 bridgehead atoms. The fraction of sp³-hybridized carbons (Fsp3) is 0.556. The number of alkyl halides is 2. The van der Waals surface area contributed by atoms with Gasteiger partial charge in [-0.05, 0) is 13.1 Å². The maximum atomic E-state index is 12.8. The van der Waals surface area contributed by atoms with Crippen LogP contribution in [0, 0.1) is 0 Å². The second-order valence-corrected chi connectivity index (χ2v) is 3.36. The van der Waals surface area contributed by atoms with E-state index < -0.39 is 12.5 Å². The van der Waals surface area contributed by atoms with E-state index in [9.17, 15) is 8.78 Å². The molecule has 80 valence electrons. The van der Waals surface area contributed by atoms with Gasteiger partial charge in [0.15, 0.2) is 0 Å². The highest BCUT2D eigenvalue weighted by atomic mass is 19.3. The largest absolute Gasteiger partial charge is 0.472 e. The molecule has 0 amide bonds. The Balaban J connectivity index is 2.40. The molecule has 0 saturated carbocycles. The molecule has 0 aliphatic heterocycles. The SMILES string of the molecule is CN(Cc1ccoc1)CC(F)(F)CN. The molecule has 0 spiro atoms. The quantitative estimate of drug-likeness (QED) is 0.786. The molecular formula is C9H14F2N2O. The van der Waals surface area contributed by atoms with E-state index in [1.54, 1.807) is 13.1 Å². The second kappa shape index (κ2) is 4.52. The minimum atomic E-state index is -2.82. The third kappa shape index (κ3) is 3.43. The van der Waals surface area contributed by atoms with Crippen molar-refractivity contribution < 1.29 is 13.2 Å². The molecule has 0 radical (unpaired) electrons. The highest BCUT2D eigenvalue weighted by Crippen LogP contribution is 2.14. The molecule has 1 heterocycles. The Morgan fingerprint density at radius 3 is 2.79 bits per heavy atom. The first-order chi connectivity index (χ1) is 6.53. The third-order valence-corrected chi connectivity index (χ3v) is 1.83. The number of rotatable bonds is 5. The summed E-state index contributed by atoms with van der Waals surface area (Å²) in [5, 5.41) is 0. The Kier molecular flexibility index (Phi) is 3.60. The lowest BCUT2D eigenvalue weighted by molar-refractivity contribution is -0.0191. The molecule has 5 heteroatoms. The number of halogens is 2. The van der Waals surface area contributed by atoms with E-state index in [4.69, 9.17) is 10.2 Å². The van der Waals surface area contributed by atoms with Gasteiger partial charge in [-0.3, -0.25) is 4.90 Å². The van der Waals surface area contributed by atoms with Crippen molar-refractivity contribution in [3.05, 3.63) is 24.2 Å². The first-order valence-electron chi connectivity index (χ1n) is 4.31. The fourth-order valence-corrected chi connectivity index (χ4v) is 1.21. The lowest BCUT2D eigenvalue weighted by atomic mass is 10.2. The Labute approximate surface area is 81.5 Å². The zero-order valence-electron chi connectivity index (χ0n) is 8.04. The topological polar surface area (TPSA) is 42.4 Å². The van der Waals surface area contributed by atoms with Crippen LogP contribution in [0.2, 0.25) is 0 Å². The van der Waals surface area contributed by atoms with Gasteiger partial charge in [-0.1, -0.05) is 0 Å². The summed E-state index contributed by atoms with van der Waals surface area (Å²) in [4.78, 5) is 1.51. The molecule has 0 aromatic carbocycles. The number of nitrogens with zero attached hydrogens (tertiary/aromatic N) is 1. The van der Waals surface area contributed by atoms with Crippen LogP contribution in [0.3, 0.4) is 0 Å². The molecule has 0 aliphatic rings. The smallest absolute Gasteiger partial charge is 0.272 e. The van der Waals surface area contributed by atoms with Crippen molar-refractivity contribution in [3.8, 4) is 0 Å². The van der Waals surface area contributed by atoms with Crippen molar-refractivity contribution in [1.29, 1.82) is 0 Å². The summed E-state index contributed by atoms with van der Waals surface area (Å²) < 4.78 is 30.5. The van der Waals surface area contributed by atoms with Gasteiger partial charge >= 0.3 is 0 Å². The van der Waals surface area contributed by atoms with Crippen LogP contribution in [0.15, 0.2) is 23.0 Å². The summed E-state index contributed by atoms with van der Waals surface area (Å²) in [6, 6.07) is 1.75. The molecule has 0 fully saturated rings. The van der Waals surface area contributed by atoms with Crippen LogP contribution < -0.4 is 5.73 Å². The normalized spacial score (nSPS) is 12.4. The van der Waals surface area contributed by atoms with Gasteiger partial charge in [0.2, 0.25) is 0 Å². The number of furan rings is 1. The van der Waals surface area contributed by atoms with Crippen molar-refractivity contribution >= 4 is 0 Å². The zero-order valence-corrected chi connectivity index (χ0v) is 8.04. The van der Waals surface area contributed by atoms with E-state index in [1.165, 1.54) is 17.4 Å². The highest BCUT2D eigenvalue weighted by Gasteiger charge is 2.28. The van der Waals surface area contributed by atoms with Crippen molar-refractivity contribution in [3.63, 3.8) is 0 Å². The molecule has 2 N–H and O–H groups in total. The minimum Gasteiger partial charge on any atom is -0.472 e. The molecular weight excluding hydrogens is 190 g/mol. The van der Waals surface area contributed by atoms with Crippen LogP contribution in [-0.4, -0.2) is 31.0 Å². The zero-order chi connectivity index (χ0) is 10.6. The van der Waals surface area contributed by atoms with E-state index in [0.717, 1.165) is 5.56 Å². The standard InChI is InChI=1S/C9H14F2N2O/c1-13(7-9(10,11)6-12)4-8-2-3-14-5-8/h2-3,5H,4,6-7,12H2,1H3. The lowest BCUT2D eigenvalue weighted by Gasteiger charge is -2.21. The molecule has 0 saturated heterocycles. The van der Waals surface area contributed by atoms with Crippen LogP contribution >= 0.6 is 0 Å². The predicted molar refractivity (Wildman–Crippen MR) is 49.0 cm³/mol. The van der Waals surface area contributed by atoms with Gasteiger partial charge in [-0.2, -0.15) is 0 Å². The summed E-state index contributed by atoms with van der Waals surface area (Å²) in [5.41, 5.74) is 5.81. The summed E-state index contributed by atoms with van der Waals surface area (Å²) in [6.45, 7) is -0.524. The fourth-order valence-electron chi connectivity index (χ4n) is 1.21. The van der Waals surface area contributed by atoms with Gasteiger partial charge in [-0.25, -0.2) is 8.78 Å². The van der Waals surface area contributed by atoms with Gasteiger partial charge in [0.05, 0.1) is 25.6 Å². The monoisotopic (exact) mass is 204 g/mol. The van der Waals surface area contributed by atoms with Gasteiger partial charge in [0.1, 0.15) is 0 Å². The predicted octanol–water partition coefficient (Wildman–Crippen LogP) is 1.31. The van der Waals surface area contributed by atoms with Gasteiger partial charge in [-0.15, -0.1) is 0 Å². The van der Waals surface area contributed by atoms with Crippen molar-refractivity contribution in [2.45, 2.75) is 12.5 Å². The van der Waals surface area contributed by atoms with E-state index >= 15 is 0 Å². The van der Waals surface area contributed by atoms with Crippen molar-refractivity contribution in [2.75, 3.05) is 20.1 Å². The van der Waals surface area contributed by atoms with E-state index in [0.29, 0.717) is 6.54 Å². The van der Waals surface area contributed by atoms with Crippen LogP contribution in [0.5, 0.6) is 0 Å². The average Bonchev–Trinajstić information content (AvgIpc) is 2.55. The molecule has 3 nitrogen and oxygen atoms in total. The molecule has 14 heavy (non-hydrogen) atoms. The Morgan fingerprint density at radius 1 is 1.57 bits per heavy atom. The summed E-state index contributed by atoms with van der Waals surface area (Å²) in [7, 11) is 1.62. The van der Waals surface area contributed by atoms with Crippen LogP contribution in [0.1, 0.15) is 5.56 Å². The molecule has 0 atom stereocenters. The number of hydrogen-bond acceptors (Lipinski definition) is 3. The Morgan fingerprint density at radius 2 is 2.29 bits per heavy atom. The summed E-state index contributed by atoms with van der Waals surface area (Å²) in [5.74, 6) is -2.82. The molecule has 0 unspecified atom stereocenters. The molecule has 0 aliphatic carbocycles. The van der Waals surface area contributed by atoms with Crippen LogP contribution in [0.4, 0.5) is 8.78 Å². The summed E-state index contributed by atoms with van der Waals surface area (Å²) in [6.07, 6.45) is 3.06. The molecule has 1 rings (SSSR count). The van der Waals surface area contributed by atoms with Crippen molar-refractivity contribution in [1.82, 2.24) is 4.90 Å². The second-order valence-electron chi connectivity index (χ2n) is 3.36. The van der Waals surface area contributed by atoms with Crippen LogP contribution in [-0.2, 0) is 6.54 Å². The maximum Gasteiger partial charge on any atom is 0.272 e. The van der Waals surface area contributed by atoms with Gasteiger partial charge < -0.3 is 10.2 Å². The van der Waals surface area contributed by atoms with Crippen molar-refractivity contribution in [2.24, 2.45) is 5.73 Å². The van der Waals surface area contributed by atoms with E-state index in [1.807, 2.05) is 0 Å². The number of hydrogen-bond donors (Lipinski definition) is 1. The average molecular weight is 204 g/mol. The highest BCUT2D eigenvalue weighted by molar-refractivity contribution is 5.04. The van der Waals surface area contributed by atoms with Gasteiger partial charge in [0, 0.05) is 12.1 Å². The molecule has 1 aromatic rings. The van der Waals surface area contributed by atoms with Gasteiger partial charge in [0.25, 0.3) is 5.92 Å². The van der Waals surface area contributed by atoms with E-state index in [2.05, 4.69) is 0 Å². The van der Waals surface area contributed by atoms with Crippen LogP contribution in [0.25, 0.3) is 0 Å². The number of nitrogens with two attached hydrogens (primary N) is 1. The minimum absolute atomic E-state index is 0.339. The molecule has 1 aromatic heterocycles. The Bertz CT molecular complexity index is 262.